The zero-order valence-electron chi connectivity index (χ0n) is 11.9. The number of carbonyl (C=O) groups excluding carboxylic acids is 2. The van der Waals surface area contributed by atoms with Gasteiger partial charge in [-0.3, -0.25) is 9.59 Å². The highest BCUT2D eigenvalue weighted by Crippen LogP contribution is 2.33. The summed E-state index contributed by atoms with van der Waals surface area (Å²) in [5.74, 6) is 0.601. The lowest BCUT2D eigenvalue weighted by molar-refractivity contribution is -0.126. The largest absolute Gasteiger partial charge is 0.334 e. The highest BCUT2D eigenvalue weighted by atomic mass is 32.1. The zero-order chi connectivity index (χ0) is 14.1. The Bertz CT molecular complexity index is 522. The van der Waals surface area contributed by atoms with Crippen molar-refractivity contribution in [1.82, 2.24) is 4.90 Å². The van der Waals surface area contributed by atoms with E-state index in [1.165, 1.54) is 0 Å². The van der Waals surface area contributed by atoms with E-state index in [0.29, 0.717) is 12.2 Å². The molecule has 0 aromatic carbocycles. The van der Waals surface area contributed by atoms with Crippen molar-refractivity contribution in [2.24, 2.45) is 5.92 Å². The molecular weight excluding hydrogens is 270 g/mol. The molecule has 108 valence electrons. The van der Waals surface area contributed by atoms with Crippen LogP contribution in [0, 0.1) is 12.8 Å². The second-order valence-electron chi connectivity index (χ2n) is 5.94. The van der Waals surface area contributed by atoms with E-state index in [1.54, 1.807) is 11.3 Å². The number of aryl methyl sites for hydroxylation is 1. The van der Waals surface area contributed by atoms with Gasteiger partial charge in [0.15, 0.2) is 0 Å². The predicted octanol–water partition coefficient (Wildman–Crippen LogP) is 3.42. The molecule has 0 N–H and O–H groups in total. The highest BCUT2D eigenvalue weighted by Gasteiger charge is 2.39. The second kappa shape index (κ2) is 5.68. The summed E-state index contributed by atoms with van der Waals surface area (Å²) in [5.41, 5.74) is 0. The summed E-state index contributed by atoms with van der Waals surface area (Å²) in [6, 6.07) is 4.06. The van der Waals surface area contributed by atoms with E-state index in [2.05, 4.69) is 0 Å². The van der Waals surface area contributed by atoms with Gasteiger partial charge in [0, 0.05) is 29.8 Å². The van der Waals surface area contributed by atoms with E-state index in [-0.39, 0.29) is 17.9 Å². The maximum atomic E-state index is 12.6. The normalized spacial score (nSPS) is 27.1. The maximum Gasteiger partial charge on any atom is 0.264 e. The standard InChI is InChI=1S/C16H21NO2S/c1-11-8-9-15(20-11)16(19)17-10-4-6-13(17)12-5-2-3-7-14(12)18/h8-9,12-13H,2-7,10H2,1H3. The number of hydrogen-bond acceptors (Lipinski definition) is 3. The summed E-state index contributed by atoms with van der Waals surface area (Å²) in [5, 5.41) is 0. The summed E-state index contributed by atoms with van der Waals surface area (Å²) in [6.45, 7) is 2.83. The van der Waals surface area contributed by atoms with Crippen LogP contribution in [0.2, 0.25) is 0 Å². The predicted molar refractivity (Wildman–Crippen MR) is 80.1 cm³/mol. The SMILES string of the molecule is Cc1ccc(C(=O)N2CCCC2C2CCCCC2=O)s1. The minimum absolute atomic E-state index is 0.0938. The molecule has 1 aliphatic carbocycles. The number of likely N-dealkylation sites (tertiary alicyclic amines) is 1. The van der Waals surface area contributed by atoms with E-state index in [0.717, 1.165) is 48.4 Å². The van der Waals surface area contributed by atoms with Crippen molar-refractivity contribution in [3.05, 3.63) is 21.9 Å². The van der Waals surface area contributed by atoms with Gasteiger partial charge in [0.2, 0.25) is 0 Å². The number of carbonyl (C=O) groups is 2. The van der Waals surface area contributed by atoms with Crippen LogP contribution in [-0.4, -0.2) is 29.2 Å². The number of nitrogens with zero attached hydrogens (tertiary/aromatic N) is 1. The Hall–Kier alpha value is -1.16. The monoisotopic (exact) mass is 291 g/mol. The van der Waals surface area contributed by atoms with Gasteiger partial charge in [-0.25, -0.2) is 0 Å². The average molecular weight is 291 g/mol. The van der Waals surface area contributed by atoms with Crippen LogP contribution in [-0.2, 0) is 4.79 Å². The first-order valence-corrected chi connectivity index (χ1v) is 8.38. The molecule has 1 aromatic heterocycles. The van der Waals surface area contributed by atoms with E-state index >= 15 is 0 Å². The molecule has 0 radical (unpaired) electrons. The van der Waals surface area contributed by atoms with Crippen LogP contribution < -0.4 is 0 Å². The van der Waals surface area contributed by atoms with Gasteiger partial charge in [-0.1, -0.05) is 6.42 Å². The minimum atomic E-state index is 0.0938. The van der Waals surface area contributed by atoms with Crippen LogP contribution in [0.15, 0.2) is 12.1 Å². The number of hydrogen-bond donors (Lipinski definition) is 0. The van der Waals surface area contributed by atoms with Gasteiger partial charge >= 0.3 is 0 Å². The molecule has 0 bridgehead atoms. The van der Waals surface area contributed by atoms with Gasteiger partial charge in [0.05, 0.1) is 4.88 Å². The number of rotatable bonds is 2. The molecule has 2 aliphatic rings. The van der Waals surface area contributed by atoms with Gasteiger partial charge in [-0.05, 0) is 44.7 Å². The number of thiophene rings is 1. The van der Waals surface area contributed by atoms with E-state index < -0.39 is 0 Å². The maximum absolute atomic E-state index is 12.6. The van der Waals surface area contributed by atoms with Gasteiger partial charge in [0.1, 0.15) is 5.78 Å². The van der Waals surface area contributed by atoms with Crippen molar-refractivity contribution in [1.29, 1.82) is 0 Å². The Kier molecular flexibility index (Phi) is 3.92. The first kappa shape index (κ1) is 13.8. The van der Waals surface area contributed by atoms with E-state index in [1.807, 2.05) is 24.0 Å². The quantitative estimate of drug-likeness (QED) is 0.837. The summed E-state index contributed by atoms with van der Waals surface area (Å²) in [4.78, 5) is 28.8. The molecule has 2 fully saturated rings. The van der Waals surface area contributed by atoms with Crippen molar-refractivity contribution in [2.75, 3.05) is 6.54 Å². The lowest BCUT2D eigenvalue weighted by Crippen LogP contribution is -2.43. The Morgan fingerprint density at radius 1 is 1.25 bits per heavy atom. The van der Waals surface area contributed by atoms with Gasteiger partial charge in [-0.2, -0.15) is 0 Å². The molecule has 4 heteroatoms. The molecule has 1 aliphatic heterocycles. The van der Waals surface area contributed by atoms with Crippen LogP contribution in [0.25, 0.3) is 0 Å². The molecule has 3 rings (SSSR count). The van der Waals surface area contributed by atoms with Crippen LogP contribution in [0.1, 0.15) is 53.1 Å². The van der Waals surface area contributed by atoms with Crippen molar-refractivity contribution in [2.45, 2.75) is 51.5 Å². The first-order chi connectivity index (χ1) is 9.66. The molecule has 1 amide bonds. The lowest BCUT2D eigenvalue weighted by Gasteiger charge is -2.32. The van der Waals surface area contributed by atoms with Crippen LogP contribution in [0.4, 0.5) is 0 Å². The van der Waals surface area contributed by atoms with Crippen LogP contribution >= 0.6 is 11.3 Å². The summed E-state index contributed by atoms with van der Waals surface area (Å²) in [7, 11) is 0. The second-order valence-corrected chi connectivity index (χ2v) is 7.22. The fourth-order valence-corrected chi connectivity index (χ4v) is 4.39. The van der Waals surface area contributed by atoms with Crippen LogP contribution in [0.3, 0.4) is 0 Å². The number of Topliss-reactive ketones (excluding diaryl/α,β-unsaturated/α-hetero) is 1. The smallest absolute Gasteiger partial charge is 0.264 e. The fraction of sp³-hybridized carbons (Fsp3) is 0.625. The molecule has 2 unspecified atom stereocenters. The molecule has 1 saturated carbocycles. The third-order valence-corrected chi connectivity index (χ3v) is 5.57. The van der Waals surface area contributed by atoms with Gasteiger partial charge < -0.3 is 4.90 Å². The van der Waals surface area contributed by atoms with Crippen molar-refractivity contribution < 1.29 is 9.59 Å². The fourth-order valence-electron chi connectivity index (χ4n) is 3.57. The molecule has 1 aromatic rings. The van der Waals surface area contributed by atoms with Crippen LogP contribution in [0.5, 0.6) is 0 Å². The van der Waals surface area contributed by atoms with Crippen molar-refractivity contribution in [3.8, 4) is 0 Å². The topological polar surface area (TPSA) is 37.4 Å². The molecule has 2 heterocycles. The van der Waals surface area contributed by atoms with E-state index in [9.17, 15) is 9.59 Å². The minimum Gasteiger partial charge on any atom is -0.334 e. The number of amides is 1. The molecule has 3 nitrogen and oxygen atoms in total. The summed E-state index contributed by atoms with van der Waals surface area (Å²) < 4.78 is 0. The third-order valence-electron chi connectivity index (χ3n) is 4.58. The molecular formula is C16H21NO2S. The molecule has 1 saturated heterocycles. The highest BCUT2D eigenvalue weighted by molar-refractivity contribution is 7.13. The van der Waals surface area contributed by atoms with Gasteiger partial charge in [0.25, 0.3) is 5.91 Å². The Labute approximate surface area is 124 Å². The Morgan fingerprint density at radius 2 is 2.10 bits per heavy atom. The Morgan fingerprint density at radius 3 is 2.80 bits per heavy atom. The zero-order valence-corrected chi connectivity index (χ0v) is 12.7. The Balaban J connectivity index is 1.78. The lowest BCUT2D eigenvalue weighted by atomic mass is 9.82. The third kappa shape index (κ3) is 2.53. The molecule has 0 spiro atoms. The summed E-state index contributed by atoms with van der Waals surface area (Å²) in [6.07, 6.45) is 5.86. The average Bonchev–Trinajstić information content (AvgIpc) is 3.07. The first-order valence-electron chi connectivity index (χ1n) is 7.57. The number of ketones is 1. The molecule has 2 atom stereocenters. The van der Waals surface area contributed by atoms with Crippen molar-refractivity contribution >= 4 is 23.0 Å². The molecule has 20 heavy (non-hydrogen) atoms. The van der Waals surface area contributed by atoms with Crippen molar-refractivity contribution in [3.63, 3.8) is 0 Å². The summed E-state index contributed by atoms with van der Waals surface area (Å²) >= 11 is 1.56. The van der Waals surface area contributed by atoms with Gasteiger partial charge in [-0.15, -0.1) is 11.3 Å². The van der Waals surface area contributed by atoms with E-state index in [4.69, 9.17) is 0 Å².